The van der Waals surface area contributed by atoms with E-state index in [0.717, 1.165) is 13.0 Å². The molecule has 2 heteroatoms. The van der Waals surface area contributed by atoms with Crippen molar-refractivity contribution >= 4 is 10.8 Å². The first kappa shape index (κ1) is 15.0. The molecule has 0 spiro atoms. The van der Waals surface area contributed by atoms with Crippen molar-refractivity contribution < 1.29 is 5.11 Å². The molecular formula is C18H25NO. The molecule has 2 aromatic rings. The van der Waals surface area contributed by atoms with Crippen LogP contribution >= 0.6 is 0 Å². The predicted molar refractivity (Wildman–Crippen MR) is 85.7 cm³/mol. The van der Waals surface area contributed by atoms with Gasteiger partial charge in [0.25, 0.3) is 0 Å². The fraction of sp³-hybridized carbons (Fsp3) is 0.444. The van der Waals surface area contributed by atoms with Crippen molar-refractivity contribution in [3.05, 3.63) is 48.0 Å². The maximum absolute atomic E-state index is 10.3. The molecule has 0 saturated heterocycles. The van der Waals surface area contributed by atoms with Gasteiger partial charge in [0.15, 0.2) is 0 Å². The van der Waals surface area contributed by atoms with Crippen molar-refractivity contribution in [2.45, 2.75) is 39.3 Å². The summed E-state index contributed by atoms with van der Waals surface area (Å²) in [7, 11) is 0. The van der Waals surface area contributed by atoms with E-state index in [-0.39, 0.29) is 0 Å². The molecule has 0 heterocycles. The molecule has 0 aliphatic rings. The molecule has 1 atom stereocenters. The fourth-order valence-electron chi connectivity index (χ4n) is 2.86. The van der Waals surface area contributed by atoms with Crippen molar-refractivity contribution in [2.75, 3.05) is 6.54 Å². The topological polar surface area (TPSA) is 32.3 Å². The van der Waals surface area contributed by atoms with Crippen LogP contribution in [-0.2, 0) is 6.54 Å². The van der Waals surface area contributed by atoms with Gasteiger partial charge in [-0.2, -0.15) is 0 Å². The summed E-state index contributed by atoms with van der Waals surface area (Å²) in [5, 5.41) is 16.3. The van der Waals surface area contributed by atoms with Gasteiger partial charge in [-0.1, -0.05) is 56.3 Å². The molecule has 2 nitrogen and oxygen atoms in total. The number of nitrogens with one attached hydrogen (secondary N) is 1. The largest absolute Gasteiger partial charge is 0.389 e. The van der Waals surface area contributed by atoms with Crippen LogP contribution in [0.2, 0.25) is 0 Å². The first-order valence-corrected chi connectivity index (χ1v) is 7.38. The number of rotatable bonds is 6. The summed E-state index contributed by atoms with van der Waals surface area (Å²) >= 11 is 0. The Morgan fingerprint density at radius 2 is 1.80 bits per heavy atom. The predicted octanol–water partition coefficient (Wildman–Crippen LogP) is 3.73. The van der Waals surface area contributed by atoms with Gasteiger partial charge in [-0.3, -0.25) is 0 Å². The Morgan fingerprint density at radius 3 is 2.55 bits per heavy atom. The second-order valence-corrected chi connectivity index (χ2v) is 6.34. The lowest BCUT2D eigenvalue weighted by atomic mass is 9.94. The molecule has 2 N–H and O–H groups in total. The minimum Gasteiger partial charge on any atom is -0.389 e. The van der Waals surface area contributed by atoms with Gasteiger partial charge < -0.3 is 10.4 Å². The molecule has 20 heavy (non-hydrogen) atoms. The van der Waals surface area contributed by atoms with Crippen LogP contribution < -0.4 is 5.32 Å². The lowest BCUT2D eigenvalue weighted by Crippen LogP contribution is -2.38. The molecular weight excluding hydrogens is 246 g/mol. The molecule has 0 saturated carbocycles. The Bertz CT molecular complexity index is 555. The van der Waals surface area contributed by atoms with Crippen LogP contribution in [0.3, 0.4) is 0 Å². The van der Waals surface area contributed by atoms with Crippen molar-refractivity contribution in [1.82, 2.24) is 5.32 Å². The SMILES string of the molecule is CC(C)CC(C)(O)CNCc1cccc2ccccc12. The van der Waals surface area contributed by atoms with Crippen LogP contribution in [0.4, 0.5) is 0 Å². The molecule has 1 unspecified atom stereocenters. The van der Waals surface area contributed by atoms with Crippen LogP contribution in [0.1, 0.15) is 32.8 Å². The van der Waals surface area contributed by atoms with Gasteiger partial charge in [-0.15, -0.1) is 0 Å². The third-order valence-electron chi connectivity index (χ3n) is 3.55. The number of aliphatic hydroxyl groups is 1. The third kappa shape index (κ3) is 4.06. The minimum absolute atomic E-state index is 0.504. The third-order valence-corrected chi connectivity index (χ3v) is 3.55. The summed E-state index contributed by atoms with van der Waals surface area (Å²) in [6.07, 6.45) is 0.815. The average Bonchev–Trinajstić information content (AvgIpc) is 2.37. The van der Waals surface area contributed by atoms with Crippen LogP contribution in [0.25, 0.3) is 10.8 Å². The van der Waals surface area contributed by atoms with E-state index in [0.29, 0.717) is 12.5 Å². The molecule has 0 aliphatic heterocycles. The van der Waals surface area contributed by atoms with Crippen LogP contribution in [0, 0.1) is 5.92 Å². The fourth-order valence-corrected chi connectivity index (χ4v) is 2.86. The Balaban J connectivity index is 2.00. The molecule has 0 bridgehead atoms. The van der Waals surface area contributed by atoms with Crippen molar-refractivity contribution in [3.63, 3.8) is 0 Å². The molecule has 108 valence electrons. The van der Waals surface area contributed by atoms with Crippen LogP contribution in [-0.4, -0.2) is 17.3 Å². The zero-order valence-corrected chi connectivity index (χ0v) is 12.7. The lowest BCUT2D eigenvalue weighted by Gasteiger charge is -2.25. The van der Waals surface area contributed by atoms with Gasteiger partial charge in [0.2, 0.25) is 0 Å². The highest BCUT2D eigenvalue weighted by Crippen LogP contribution is 2.19. The molecule has 2 aromatic carbocycles. The van der Waals surface area contributed by atoms with Gasteiger partial charge in [0.05, 0.1) is 5.60 Å². The number of hydrogen-bond donors (Lipinski definition) is 2. The second-order valence-electron chi connectivity index (χ2n) is 6.34. The maximum atomic E-state index is 10.3. The standard InChI is InChI=1S/C18H25NO/c1-14(2)11-18(3,20)13-19-12-16-9-6-8-15-7-4-5-10-17(15)16/h4-10,14,19-20H,11-13H2,1-3H3. The summed E-state index contributed by atoms with van der Waals surface area (Å²) in [5.41, 5.74) is 0.641. The summed E-state index contributed by atoms with van der Waals surface area (Å²) in [5.74, 6) is 0.504. The Hall–Kier alpha value is -1.38. The highest BCUT2D eigenvalue weighted by atomic mass is 16.3. The van der Waals surface area contributed by atoms with E-state index in [1.165, 1.54) is 16.3 Å². The highest BCUT2D eigenvalue weighted by Gasteiger charge is 2.21. The number of benzene rings is 2. The second kappa shape index (κ2) is 6.38. The first-order chi connectivity index (χ1) is 9.48. The molecule has 0 aromatic heterocycles. The van der Waals surface area contributed by atoms with E-state index >= 15 is 0 Å². The molecule has 0 amide bonds. The van der Waals surface area contributed by atoms with Crippen molar-refractivity contribution in [3.8, 4) is 0 Å². The van der Waals surface area contributed by atoms with Gasteiger partial charge in [0.1, 0.15) is 0 Å². The van der Waals surface area contributed by atoms with E-state index in [2.05, 4.69) is 61.6 Å². The molecule has 0 fully saturated rings. The smallest absolute Gasteiger partial charge is 0.0746 e. The van der Waals surface area contributed by atoms with E-state index in [1.807, 2.05) is 6.92 Å². The van der Waals surface area contributed by atoms with Crippen LogP contribution in [0.5, 0.6) is 0 Å². The first-order valence-electron chi connectivity index (χ1n) is 7.38. The highest BCUT2D eigenvalue weighted by molar-refractivity contribution is 5.85. The number of hydrogen-bond acceptors (Lipinski definition) is 2. The molecule has 2 rings (SSSR count). The summed E-state index contributed by atoms with van der Waals surface area (Å²) < 4.78 is 0. The summed E-state index contributed by atoms with van der Waals surface area (Å²) in [4.78, 5) is 0. The van der Waals surface area contributed by atoms with E-state index in [4.69, 9.17) is 0 Å². The van der Waals surface area contributed by atoms with Gasteiger partial charge in [-0.05, 0) is 35.6 Å². The lowest BCUT2D eigenvalue weighted by molar-refractivity contribution is 0.0383. The summed E-state index contributed by atoms with van der Waals surface area (Å²) in [6, 6.07) is 14.8. The van der Waals surface area contributed by atoms with Gasteiger partial charge >= 0.3 is 0 Å². The Morgan fingerprint density at radius 1 is 1.10 bits per heavy atom. The van der Waals surface area contributed by atoms with E-state index in [9.17, 15) is 5.11 Å². The zero-order chi connectivity index (χ0) is 14.6. The number of fused-ring (bicyclic) bond motifs is 1. The Kier molecular flexibility index (Phi) is 4.79. The van der Waals surface area contributed by atoms with Crippen molar-refractivity contribution in [2.24, 2.45) is 5.92 Å². The van der Waals surface area contributed by atoms with Gasteiger partial charge in [0, 0.05) is 13.1 Å². The monoisotopic (exact) mass is 271 g/mol. The van der Waals surface area contributed by atoms with Gasteiger partial charge in [-0.25, -0.2) is 0 Å². The van der Waals surface area contributed by atoms with E-state index in [1.54, 1.807) is 0 Å². The normalized spacial score (nSPS) is 14.7. The van der Waals surface area contributed by atoms with Crippen LogP contribution in [0.15, 0.2) is 42.5 Å². The zero-order valence-electron chi connectivity index (χ0n) is 12.7. The average molecular weight is 271 g/mol. The molecule has 0 radical (unpaired) electrons. The minimum atomic E-state index is -0.640. The van der Waals surface area contributed by atoms with Crippen molar-refractivity contribution in [1.29, 1.82) is 0 Å². The quantitative estimate of drug-likeness (QED) is 0.839. The Labute approximate surface area is 121 Å². The maximum Gasteiger partial charge on any atom is 0.0746 e. The summed E-state index contributed by atoms with van der Waals surface area (Å²) in [6.45, 7) is 7.59. The molecule has 0 aliphatic carbocycles. The van der Waals surface area contributed by atoms with E-state index < -0.39 is 5.60 Å².